The summed E-state index contributed by atoms with van der Waals surface area (Å²) in [5, 5.41) is 17.7. The predicted octanol–water partition coefficient (Wildman–Crippen LogP) is 3.15. The number of amides is 3. The summed E-state index contributed by atoms with van der Waals surface area (Å²) < 4.78 is 0. The van der Waals surface area contributed by atoms with Crippen molar-refractivity contribution in [1.82, 2.24) is 16.0 Å². The average Bonchev–Trinajstić information content (AvgIpc) is 3.38. The maximum atomic E-state index is 13.2. The van der Waals surface area contributed by atoms with Crippen LogP contribution in [-0.4, -0.2) is 53.1 Å². The van der Waals surface area contributed by atoms with Crippen LogP contribution in [0.4, 0.5) is 0 Å². The van der Waals surface area contributed by atoms with Crippen LogP contribution in [0.25, 0.3) is 0 Å². The minimum atomic E-state index is -1.10. The third kappa shape index (κ3) is 9.86. The SMILES string of the molecule is CCNC(=O)C(=O)C(Cc1ccc(C#N)cc1)NC(=O)C(NC(=O)CCCCC1CCSS1)C(C)C. The summed E-state index contributed by atoms with van der Waals surface area (Å²) in [5.41, 5.74) is 1.17. The van der Waals surface area contributed by atoms with Gasteiger partial charge in [-0.3, -0.25) is 19.2 Å². The molecule has 10 heteroatoms. The lowest BCUT2D eigenvalue weighted by Gasteiger charge is -2.25. The Hall–Kier alpha value is -2.51. The van der Waals surface area contributed by atoms with Crippen LogP contribution in [0.1, 0.15) is 64.0 Å². The molecular weight excluding hydrogens is 496 g/mol. The highest BCUT2D eigenvalue weighted by Gasteiger charge is 2.31. The van der Waals surface area contributed by atoms with Gasteiger partial charge in [0, 0.05) is 30.4 Å². The second kappa shape index (κ2) is 15.6. The number of hydrogen-bond acceptors (Lipinski definition) is 7. The summed E-state index contributed by atoms with van der Waals surface area (Å²) in [4.78, 5) is 50.8. The molecule has 3 unspecified atom stereocenters. The Morgan fingerprint density at radius 3 is 2.42 bits per heavy atom. The van der Waals surface area contributed by atoms with Gasteiger partial charge in [-0.25, -0.2) is 0 Å². The molecule has 3 amide bonds. The molecule has 36 heavy (non-hydrogen) atoms. The minimum Gasteiger partial charge on any atom is -0.350 e. The van der Waals surface area contributed by atoms with Gasteiger partial charge in [0.15, 0.2) is 0 Å². The number of likely N-dealkylation sites (N-methyl/N-ethyl adjacent to an activating group) is 1. The van der Waals surface area contributed by atoms with Crippen molar-refractivity contribution in [1.29, 1.82) is 5.26 Å². The van der Waals surface area contributed by atoms with E-state index in [1.54, 1.807) is 31.2 Å². The molecule has 3 atom stereocenters. The Kier molecular flexibility index (Phi) is 12.9. The number of Topliss-reactive ketones (excluding diaryl/α,β-unsaturated/α-hetero) is 1. The van der Waals surface area contributed by atoms with Gasteiger partial charge in [0.1, 0.15) is 12.1 Å². The van der Waals surface area contributed by atoms with E-state index in [-0.39, 0.29) is 24.8 Å². The number of carbonyl (C=O) groups is 4. The van der Waals surface area contributed by atoms with Gasteiger partial charge in [-0.1, -0.05) is 54.0 Å². The van der Waals surface area contributed by atoms with E-state index in [0.717, 1.165) is 19.3 Å². The van der Waals surface area contributed by atoms with Gasteiger partial charge in [-0.05, 0) is 49.8 Å². The number of ketones is 1. The Labute approximate surface area is 221 Å². The van der Waals surface area contributed by atoms with Crippen LogP contribution in [0.2, 0.25) is 0 Å². The smallest absolute Gasteiger partial charge is 0.289 e. The zero-order valence-electron chi connectivity index (χ0n) is 21.2. The molecule has 1 fully saturated rings. The van der Waals surface area contributed by atoms with E-state index in [4.69, 9.17) is 5.26 Å². The van der Waals surface area contributed by atoms with E-state index in [0.29, 0.717) is 22.8 Å². The first kappa shape index (κ1) is 29.7. The fraction of sp³-hybridized carbons (Fsp3) is 0.577. The third-order valence-electron chi connectivity index (χ3n) is 5.89. The van der Waals surface area contributed by atoms with Crippen LogP contribution >= 0.6 is 21.6 Å². The molecule has 1 aromatic carbocycles. The van der Waals surface area contributed by atoms with Crippen molar-refractivity contribution in [2.75, 3.05) is 12.3 Å². The van der Waals surface area contributed by atoms with Crippen LogP contribution in [-0.2, 0) is 25.6 Å². The van der Waals surface area contributed by atoms with Crippen molar-refractivity contribution in [2.45, 2.75) is 76.6 Å². The van der Waals surface area contributed by atoms with Gasteiger partial charge < -0.3 is 16.0 Å². The van der Waals surface area contributed by atoms with Gasteiger partial charge in [0.25, 0.3) is 5.91 Å². The molecule has 0 spiro atoms. The van der Waals surface area contributed by atoms with Gasteiger partial charge in [0.05, 0.1) is 11.6 Å². The van der Waals surface area contributed by atoms with E-state index in [2.05, 4.69) is 16.0 Å². The second-order valence-corrected chi connectivity index (χ2v) is 11.9. The Morgan fingerprint density at radius 2 is 1.83 bits per heavy atom. The molecule has 1 heterocycles. The molecule has 8 nitrogen and oxygen atoms in total. The largest absolute Gasteiger partial charge is 0.350 e. The lowest BCUT2D eigenvalue weighted by molar-refractivity contribution is -0.140. The van der Waals surface area contributed by atoms with Crippen LogP contribution in [0.3, 0.4) is 0 Å². The minimum absolute atomic E-state index is 0.0869. The fourth-order valence-corrected chi connectivity index (χ4v) is 6.86. The molecule has 2 rings (SSSR count). The zero-order valence-corrected chi connectivity index (χ0v) is 22.8. The molecule has 0 saturated carbocycles. The zero-order chi connectivity index (χ0) is 26.5. The quantitative estimate of drug-likeness (QED) is 0.191. The first-order valence-corrected chi connectivity index (χ1v) is 14.8. The number of nitrogens with zero attached hydrogens (tertiary/aromatic N) is 1. The fourth-order valence-electron chi connectivity index (χ4n) is 3.83. The number of rotatable bonds is 14. The normalized spacial score (nSPS) is 16.6. The Morgan fingerprint density at radius 1 is 1.11 bits per heavy atom. The van der Waals surface area contributed by atoms with Gasteiger partial charge in [-0.2, -0.15) is 5.26 Å². The molecule has 196 valence electrons. The molecule has 0 aromatic heterocycles. The molecule has 0 aliphatic carbocycles. The summed E-state index contributed by atoms with van der Waals surface area (Å²) in [5.74, 6) is -1.26. The Bertz CT molecular complexity index is 940. The molecule has 1 saturated heterocycles. The van der Waals surface area contributed by atoms with Crippen molar-refractivity contribution in [3.05, 3.63) is 35.4 Å². The number of nitrogens with one attached hydrogen (secondary N) is 3. The van der Waals surface area contributed by atoms with Crippen molar-refractivity contribution in [3.8, 4) is 6.07 Å². The summed E-state index contributed by atoms with van der Waals surface area (Å²) in [7, 11) is 3.83. The molecule has 3 N–H and O–H groups in total. The van der Waals surface area contributed by atoms with Crippen LogP contribution in [0.5, 0.6) is 0 Å². The van der Waals surface area contributed by atoms with E-state index in [9.17, 15) is 19.2 Å². The lowest BCUT2D eigenvalue weighted by Crippen LogP contribution is -2.56. The first-order valence-electron chi connectivity index (χ1n) is 12.4. The molecular formula is C26H36N4O4S2. The second-order valence-electron chi connectivity index (χ2n) is 9.16. The topological polar surface area (TPSA) is 128 Å². The van der Waals surface area contributed by atoms with E-state index < -0.39 is 29.7 Å². The maximum absolute atomic E-state index is 13.2. The molecule has 0 bridgehead atoms. The lowest BCUT2D eigenvalue weighted by atomic mass is 9.98. The summed E-state index contributed by atoms with van der Waals surface area (Å²) in [6, 6.07) is 6.71. The number of carbonyl (C=O) groups excluding carboxylic acids is 4. The van der Waals surface area contributed by atoms with Gasteiger partial charge >= 0.3 is 0 Å². The average molecular weight is 533 g/mol. The van der Waals surface area contributed by atoms with Crippen LogP contribution in [0, 0.1) is 17.2 Å². The molecule has 1 aliphatic heterocycles. The number of hydrogen-bond donors (Lipinski definition) is 3. The number of nitriles is 1. The van der Waals surface area contributed by atoms with E-state index >= 15 is 0 Å². The van der Waals surface area contributed by atoms with Gasteiger partial charge in [0.2, 0.25) is 17.6 Å². The third-order valence-corrected chi connectivity index (χ3v) is 8.90. The van der Waals surface area contributed by atoms with Gasteiger partial charge in [-0.15, -0.1) is 0 Å². The maximum Gasteiger partial charge on any atom is 0.289 e. The monoisotopic (exact) mass is 532 g/mol. The highest BCUT2D eigenvalue weighted by molar-refractivity contribution is 8.77. The van der Waals surface area contributed by atoms with Crippen molar-refractivity contribution in [3.63, 3.8) is 0 Å². The molecule has 1 aromatic rings. The van der Waals surface area contributed by atoms with Crippen LogP contribution < -0.4 is 16.0 Å². The summed E-state index contributed by atoms with van der Waals surface area (Å²) in [6.45, 7) is 5.63. The highest BCUT2D eigenvalue weighted by Crippen LogP contribution is 2.39. The van der Waals surface area contributed by atoms with E-state index in [1.165, 1.54) is 12.2 Å². The molecule has 0 radical (unpaired) electrons. The van der Waals surface area contributed by atoms with Crippen molar-refractivity contribution in [2.24, 2.45) is 5.92 Å². The van der Waals surface area contributed by atoms with Crippen LogP contribution in [0.15, 0.2) is 24.3 Å². The first-order chi connectivity index (χ1) is 17.2. The summed E-state index contributed by atoms with van der Waals surface area (Å²) >= 11 is 0. The number of benzene rings is 1. The van der Waals surface area contributed by atoms with E-state index in [1.807, 2.05) is 41.5 Å². The highest BCUT2D eigenvalue weighted by atomic mass is 33.1. The summed E-state index contributed by atoms with van der Waals surface area (Å²) in [6.07, 6.45) is 4.47. The Balaban J connectivity index is 2.00. The predicted molar refractivity (Wildman–Crippen MR) is 144 cm³/mol. The van der Waals surface area contributed by atoms with Crippen molar-refractivity contribution < 1.29 is 19.2 Å². The standard InChI is InChI=1S/C26H36N4O4S2/c1-4-28-26(34)24(32)21(15-18-9-11-19(16-27)12-10-18)29-25(33)23(17(2)3)30-22(31)8-6-5-7-20-13-14-35-36-20/h9-12,17,20-21,23H,4-8,13-15H2,1-3H3,(H,28,34)(H,29,33)(H,30,31). The van der Waals surface area contributed by atoms with Crippen molar-refractivity contribution >= 4 is 45.1 Å². The number of unbranched alkanes of at least 4 members (excludes halogenated alkanes) is 1. The molecule has 1 aliphatic rings.